The van der Waals surface area contributed by atoms with Crippen molar-refractivity contribution in [1.82, 2.24) is 10.1 Å². The highest BCUT2D eigenvalue weighted by Gasteiger charge is 2.16. The summed E-state index contributed by atoms with van der Waals surface area (Å²) in [4.78, 5) is 4.33. The van der Waals surface area contributed by atoms with Crippen molar-refractivity contribution in [1.29, 1.82) is 5.26 Å². The van der Waals surface area contributed by atoms with E-state index in [0.717, 1.165) is 6.42 Å². The summed E-state index contributed by atoms with van der Waals surface area (Å²) in [5.74, 6) is 1.13. The third-order valence-corrected chi connectivity index (χ3v) is 4.18. The van der Waals surface area contributed by atoms with Crippen LogP contribution in [0.25, 0.3) is 22.8 Å². The van der Waals surface area contributed by atoms with Crippen molar-refractivity contribution < 1.29 is 14.4 Å². The number of nitriles is 1. The van der Waals surface area contributed by atoms with E-state index < -0.39 is 0 Å². The molecule has 0 aliphatic rings. The van der Waals surface area contributed by atoms with Gasteiger partial charge in [-0.3, -0.25) is 0 Å². The number of rotatable bonds is 5. The first-order valence-electron chi connectivity index (χ1n) is 8.05. The number of nitrogens with zero attached hydrogens (tertiary/aromatic N) is 3. The zero-order valence-corrected chi connectivity index (χ0v) is 15.0. The maximum absolute atomic E-state index is 9.44. The summed E-state index contributed by atoms with van der Waals surface area (Å²) in [5.41, 5.74) is 1.54. The van der Waals surface area contributed by atoms with Crippen LogP contribution < -0.4 is 4.74 Å². The van der Waals surface area contributed by atoms with Crippen LogP contribution in [0.4, 0.5) is 0 Å². The molecule has 1 atom stereocenters. The number of phenols is 1. The number of halogens is 1. The summed E-state index contributed by atoms with van der Waals surface area (Å²) in [6.45, 7) is 3.96. The standard InChI is InChI=1S/C19H16ClN3O3/c1-3-11(2)25-17-7-4-12(8-13(17)10-21)19-22-18(23-26-19)15-6-5-14(24)9-16(15)20/h4-9,11,24H,3H2,1-2H3. The normalized spacial score (nSPS) is 11.8. The van der Waals surface area contributed by atoms with Crippen molar-refractivity contribution in [2.24, 2.45) is 0 Å². The SMILES string of the molecule is CCC(C)Oc1ccc(-c2nc(-c3ccc(O)cc3Cl)no2)cc1C#N. The predicted octanol–water partition coefficient (Wildman–Crippen LogP) is 4.81. The van der Waals surface area contributed by atoms with Crippen LogP contribution in [-0.2, 0) is 0 Å². The molecule has 0 bridgehead atoms. The van der Waals surface area contributed by atoms with Crippen LogP contribution in [0.2, 0.25) is 5.02 Å². The Bertz CT molecular complexity index is 978. The summed E-state index contributed by atoms with van der Waals surface area (Å²) in [7, 11) is 0. The van der Waals surface area contributed by atoms with Gasteiger partial charge in [-0.1, -0.05) is 23.7 Å². The van der Waals surface area contributed by atoms with Crippen molar-refractivity contribution >= 4 is 11.6 Å². The summed E-state index contributed by atoms with van der Waals surface area (Å²) in [6, 6.07) is 11.8. The zero-order chi connectivity index (χ0) is 18.7. The van der Waals surface area contributed by atoms with E-state index in [4.69, 9.17) is 20.9 Å². The van der Waals surface area contributed by atoms with Crippen LogP contribution in [0, 0.1) is 11.3 Å². The van der Waals surface area contributed by atoms with Crippen molar-refractivity contribution in [2.75, 3.05) is 0 Å². The Morgan fingerprint density at radius 2 is 2.12 bits per heavy atom. The summed E-state index contributed by atoms with van der Waals surface area (Å²) >= 11 is 6.11. The molecule has 2 aromatic carbocycles. The van der Waals surface area contributed by atoms with Gasteiger partial charge < -0.3 is 14.4 Å². The summed E-state index contributed by atoms with van der Waals surface area (Å²) in [5, 5.41) is 23.1. The Hall–Kier alpha value is -3.04. The number of hydrogen-bond acceptors (Lipinski definition) is 6. The lowest BCUT2D eigenvalue weighted by atomic mass is 10.1. The van der Waals surface area contributed by atoms with E-state index in [1.54, 1.807) is 24.3 Å². The molecule has 1 heterocycles. The van der Waals surface area contributed by atoms with Gasteiger partial charge in [0, 0.05) is 11.1 Å². The van der Waals surface area contributed by atoms with E-state index in [9.17, 15) is 10.4 Å². The summed E-state index contributed by atoms with van der Waals surface area (Å²) < 4.78 is 11.0. The van der Waals surface area contributed by atoms with E-state index in [-0.39, 0.29) is 17.7 Å². The van der Waals surface area contributed by atoms with Gasteiger partial charge in [-0.05, 0) is 49.7 Å². The minimum absolute atomic E-state index is 0.0135. The highest BCUT2D eigenvalue weighted by atomic mass is 35.5. The molecule has 0 saturated carbocycles. The average Bonchev–Trinajstić information content (AvgIpc) is 3.11. The van der Waals surface area contributed by atoms with Gasteiger partial charge in [0.05, 0.1) is 16.7 Å². The fourth-order valence-electron chi connectivity index (χ4n) is 2.29. The Morgan fingerprint density at radius 3 is 2.81 bits per heavy atom. The molecule has 0 spiro atoms. The van der Waals surface area contributed by atoms with E-state index in [0.29, 0.717) is 33.3 Å². The number of phenolic OH excluding ortho intramolecular Hbond substituents is 1. The number of aromatic hydroxyl groups is 1. The lowest BCUT2D eigenvalue weighted by Gasteiger charge is -2.13. The minimum atomic E-state index is 0.0135. The molecule has 7 heteroatoms. The minimum Gasteiger partial charge on any atom is -0.508 e. The molecule has 3 rings (SSSR count). The topological polar surface area (TPSA) is 92.2 Å². The molecule has 0 fully saturated rings. The monoisotopic (exact) mass is 369 g/mol. The molecule has 6 nitrogen and oxygen atoms in total. The predicted molar refractivity (Wildman–Crippen MR) is 96.9 cm³/mol. The second-order valence-electron chi connectivity index (χ2n) is 5.75. The van der Waals surface area contributed by atoms with E-state index in [1.165, 1.54) is 12.1 Å². The van der Waals surface area contributed by atoms with Crippen molar-refractivity contribution in [2.45, 2.75) is 26.4 Å². The number of hydrogen-bond donors (Lipinski definition) is 1. The molecule has 132 valence electrons. The first-order valence-corrected chi connectivity index (χ1v) is 8.43. The van der Waals surface area contributed by atoms with Gasteiger partial charge in [0.25, 0.3) is 5.89 Å². The zero-order valence-electron chi connectivity index (χ0n) is 14.2. The lowest BCUT2D eigenvalue weighted by Crippen LogP contribution is -2.10. The molecule has 0 amide bonds. The van der Waals surface area contributed by atoms with Crippen LogP contribution in [0.3, 0.4) is 0 Å². The van der Waals surface area contributed by atoms with Crippen LogP contribution in [-0.4, -0.2) is 21.4 Å². The Morgan fingerprint density at radius 1 is 1.31 bits per heavy atom. The molecule has 1 N–H and O–H groups in total. The molecule has 1 unspecified atom stereocenters. The third-order valence-electron chi connectivity index (χ3n) is 3.87. The van der Waals surface area contributed by atoms with E-state index in [1.807, 2.05) is 13.8 Å². The first kappa shape index (κ1) is 17.8. The fraction of sp³-hybridized carbons (Fsp3) is 0.211. The highest BCUT2D eigenvalue weighted by molar-refractivity contribution is 6.33. The fourth-order valence-corrected chi connectivity index (χ4v) is 2.55. The Kier molecular flexibility index (Phi) is 5.10. The van der Waals surface area contributed by atoms with Crippen LogP contribution in [0.15, 0.2) is 40.9 Å². The van der Waals surface area contributed by atoms with Gasteiger partial charge >= 0.3 is 0 Å². The highest BCUT2D eigenvalue weighted by Crippen LogP contribution is 2.31. The van der Waals surface area contributed by atoms with Gasteiger partial charge in [0.15, 0.2) is 0 Å². The van der Waals surface area contributed by atoms with Crippen molar-refractivity contribution in [3.8, 4) is 40.4 Å². The summed E-state index contributed by atoms with van der Waals surface area (Å²) in [6.07, 6.45) is 0.854. The quantitative estimate of drug-likeness (QED) is 0.693. The van der Waals surface area contributed by atoms with Gasteiger partial charge in [0.2, 0.25) is 5.82 Å². The van der Waals surface area contributed by atoms with E-state index in [2.05, 4.69) is 16.2 Å². The van der Waals surface area contributed by atoms with Gasteiger partial charge in [-0.15, -0.1) is 0 Å². The molecule has 0 saturated heterocycles. The van der Waals surface area contributed by atoms with Crippen molar-refractivity contribution in [3.63, 3.8) is 0 Å². The molecule has 1 aromatic heterocycles. The number of ether oxygens (including phenoxy) is 1. The largest absolute Gasteiger partial charge is 0.508 e. The molecular formula is C19H16ClN3O3. The molecular weight excluding hydrogens is 354 g/mol. The number of aromatic nitrogens is 2. The molecule has 0 aliphatic heterocycles. The second kappa shape index (κ2) is 7.46. The number of benzene rings is 2. The lowest BCUT2D eigenvalue weighted by molar-refractivity contribution is 0.217. The Labute approximate surface area is 155 Å². The third kappa shape index (κ3) is 3.63. The smallest absolute Gasteiger partial charge is 0.258 e. The maximum atomic E-state index is 9.44. The van der Waals surface area contributed by atoms with Crippen LogP contribution >= 0.6 is 11.6 Å². The molecule has 26 heavy (non-hydrogen) atoms. The molecule has 0 aliphatic carbocycles. The maximum Gasteiger partial charge on any atom is 0.258 e. The average molecular weight is 370 g/mol. The van der Waals surface area contributed by atoms with Gasteiger partial charge in [-0.25, -0.2) is 0 Å². The molecule has 3 aromatic rings. The van der Waals surface area contributed by atoms with E-state index >= 15 is 0 Å². The van der Waals surface area contributed by atoms with Crippen LogP contribution in [0.1, 0.15) is 25.8 Å². The second-order valence-corrected chi connectivity index (χ2v) is 6.15. The van der Waals surface area contributed by atoms with Gasteiger partial charge in [-0.2, -0.15) is 10.2 Å². The Balaban J connectivity index is 1.93. The van der Waals surface area contributed by atoms with Gasteiger partial charge in [0.1, 0.15) is 17.6 Å². The molecule has 0 radical (unpaired) electrons. The van der Waals surface area contributed by atoms with Crippen molar-refractivity contribution in [3.05, 3.63) is 47.0 Å². The van der Waals surface area contributed by atoms with Crippen LogP contribution in [0.5, 0.6) is 11.5 Å². The first-order chi connectivity index (χ1) is 12.5.